The van der Waals surface area contributed by atoms with Crippen molar-refractivity contribution in [1.29, 1.82) is 0 Å². The summed E-state index contributed by atoms with van der Waals surface area (Å²) in [5.74, 6) is -0.575. The first-order valence-corrected chi connectivity index (χ1v) is 9.07. The zero-order valence-electron chi connectivity index (χ0n) is 14.8. The zero-order valence-corrected chi connectivity index (χ0v) is 15.5. The number of rotatable bonds is 7. The Hall–Kier alpha value is -2.74. The fourth-order valence-electron chi connectivity index (χ4n) is 3.05. The lowest BCUT2D eigenvalue weighted by molar-refractivity contribution is -0.137. The Morgan fingerprint density at radius 2 is 1.93 bits per heavy atom. The Labute approximate surface area is 159 Å². The molecule has 27 heavy (non-hydrogen) atoms. The second-order valence-electron chi connectivity index (χ2n) is 6.45. The molecule has 0 aliphatic carbocycles. The lowest BCUT2D eigenvalue weighted by Crippen LogP contribution is -2.29. The number of nitrogens with zero attached hydrogens (tertiary/aromatic N) is 3. The molecule has 2 aliphatic rings. The number of unbranched alkanes of at least 4 members (excludes halogenated alkanes) is 3. The second kappa shape index (κ2) is 7.87. The summed E-state index contributed by atoms with van der Waals surface area (Å²) in [7, 11) is 0. The third-order valence-corrected chi connectivity index (χ3v) is 4.82. The summed E-state index contributed by atoms with van der Waals surface area (Å²) in [6, 6.07) is 3.56. The Morgan fingerprint density at radius 3 is 2.67 bits per heavy atom. The molecule has 0 saturated carbocycles. The van der Waals surface area contributed by atoms with Crippen LogP contribution in [0.1, 0.15) is 37.7 Å². The van der Waals surface area contributed by atoms with Crippen LogP contribution >= 0.6 is 11.6 Å². The number of hydrogen-bond acceptors (Lipinski definition) is 5. The van der Waals surface area contributed by atoms with Crippen molar-refractivity contribution in [3.8, 4) is 11.5 Å². The normalized spacial score (nSPS) is 11.3. The number of nitrogens with one attached hydrogen (secondary N) is 1. The van der Waals surface area contributed by atoms with E-state index < -0.39 is 17.2 Å². The molecule has 0 atom stereocenters. The van der Waals surface area contributed by atoms with E-state index in [4.69, 9.17) is 16.7 Å². The summed E-state index contributed by atoms with van der Waals surface area (Å²) in [6.45, 7) is 2.36. The highest BCUT2D eigenvalue weighted by Crippen LogP contribution is 2.26. The van der Waals surface area contributed by atoms with Gasteiger partial charge in [-0.15, -0.1) is 0 Å². The average molecular weight is 391 g/mol. The quantitative estimate of drug-likeness (QED) is 0.473. The van der Waals surface area contributed by atoms with Gasteiger partial charge in [-0.3, -0.25) is 14.6 Å². The average Bonchev–Trinajstić information content (AvgIpc) is 2.59. The Balaban J connectivity index is 1.99. The summed E-state index contributed by atoms with van der Waals surface area (Å²) in [4.78, 5) is 44.9. The molecule has 2 heterocycles. The van der Waals surface area contributed by atoms with Gasteiger partial charge in [0.1, 0.15) is 0 Å². The SMILES string of the molecule is Cc1cc2nc3c(=O)[nH]c(=O)nc-3n(CCCCCCC(=O)O)c2cc1Cl. The molecule has 0 fully saturated rings. The molecule has 0 amide bonds. The van der Waals surface area contributed by atoms with Gasteiger partial charge in [0.05, 0.1) is 11.0 Å². The molecule has 2 N–H and O–H groups in total. The van der Waals surface area contributed by atoms with Crippen LogP contribution in [0.2, 0.25) is 5.02 Å². The highest BCUT2D eigenvalue weighted by atomic mass is 35.5. The minimum atomic E-state index is -0.799. The van der Waals surface area contributed by atoms with Crippen LogP contribution in [-0.2, 0) is 11.3 Å². The van der Waals surface area contributed by atoms with E-state index in [1.54, 1.807) is 16.7 Å². The minimum absolute atomic E-state index is 0.106. The number of carboxylic acids is 1. The van der Waals surface area contributed by atoms with Crippen LogP contribution in [0, 0.1) is 6.92 Å². The third kappa shape index (κ3) is 4.16. The number of hydrogen-bond donors (Lipinski definition) is 2. The summed E-state index contributed by atoms with van der Waals surface area (Å²) >= 11 is 6.26. The van der Waals surface area contributed by atoms with Crippen molar-refractivity contribution in [2.75, 3.05) is 0 Å². The predicted octanol–water partition coefficient (Wildman–Crippen LogP) is 2.58. The number of H-pyrrole nitrogens is 1. The minimum Gasteiger partial charge on any atom is -0.481 e. The molecule has 0 bridgehead atoms. The lowest BCUT2D eigenvalue weighted by atomic mass is 10.1. The monoisotopic (exact) mass is 390 g/mol. The molecule has 1 aromatic carbocycles. The number of aryl methyl sites for hydroxylation is 2. The van der Waals surface area contributed by atoms with E-state index in [-0.39, 0.29) is 17.9 Å². The lowest BCUT2D eigenvalue weighted by Gasteiger charge is -2.17. The number of aliphatic carboxylic acids is 1. The van der Waals surface area contributed by atoms with E-state index in [2.05, 4.69) is 15.0 Å². The summed E-state index contributed by atoms with van der Waals surface area (Å²) in [5.41, 5.74) is 0.940. The number of fused-ring (bicyclic) bond motifs is 2. The molecular weight excluding hydrogens is 372 g/mol. The van der Waals surface area contributed by atoms with E-state index in [0.29, 0.717) is 29.0 Å². The number of carbonyl (C=O) groups is 1. The van der Waals surface area contributed by atoms with Gasteiger partial charge in [0, 0.05) is 18.0 Å². The fraction of sp³-hybridized carbons (Fsp3) is 0.389. The largest absolute Gasteiger partial charge is 0.481 e. The highest BCUT2D eigenvalue weighted by Gasteiger charge is 2.19. The van der Waals surface area contributed by atoms with E-state index in [0.717, 1.165) is 24.8 Å². The van der Waals surface area contributed by atoms with E-state index in [9.17, 15) is 14.4 Å². The maximum Gasteiger partial charge on any atom is 0.349 e. The molecule has 0 saturated heterocycles. The Bertz CT molecular complexity index is 1090. The van der Waals surface area contributed by atoms with Gasteiger partial charge in [-0.1, -0.05) is 24.4 Å². The number of benzene rings is 1. The van der Waals surface area contributed by atoms with E-state index >= 15 is 0 Å². The maximum absolute atomic E-state index is 12.2. The molecule has 142 valence electrons. The van der Waals surface area contributed by atoms with Gasteiger partial charge < -0.3 is 9.67 Å². The molecule has 3 rings (SSSR count). The van der Waals surface area contributed by atoms with Crippen LogP contribution < -0.4 is 11.2 Å². The predicted molar refractivity (Wildman–Crippen MR) is 102 cm³/mol. The van der Waals surface area contributed by atoms with Gasteiger partial charge in [0.25, 0.3) is 5.56 Å². The molecule has 2 aliphatic heterocycles. The molecule has 0 unspecified atom stereocenters. The van der Waals surface area contributed by atoms with Crippen molar-refractivity contribution in [2.45, 2.75) is 45.6 Å². The molecule has 0 aromatic heterocycles. The molecule has 9 heteroatoms. The van der Waals surface area contributed by atoms with Crippen molar-refractivity contribution >= 4 is 28.6 Å². The van der Waals surface area contributed by atoms with Crippen LogP contribution in [-0.4, -0.2) is 30.6 Å². The van der Waals surface area contributed by atoms with E-state index in [1.165, 1.54) is 0 Å². The van der Waals surface area contributed by atoms with Crippen molar-refractivity contribution in [3.05, 3.63) is 43.6 Å². The van der Waals surface area contributed by atoms with Crippen molar-refractivity contribution in [3.63, 3.8) is 0 Å². The van der Waals surface area contributed by atoms with Crippen LogP contribution in [0.4, 0.5) is 0 Å². The van der Waals surface area contributed by atoms with Gasteiger partial charge in [0.2, 0.25) is 0 Å². The third-order valence-electron chi connectivity index (χ3n) is 4.41. The van der Waals surface area contributed by atoms with E-state index in [1.807, 2.05) is 6.92 Å². The maximum atomic E-state index is 12.2. The first kappa shape index (κ1) is 19.0. The summed E-state index contributed by atoms with van der Waals surface area (Å²) in [6.07, 6.45) is 3.12. The van der Waals surface area contributed by atoms with Gasteiger partial charge in [-0.25, -0.2) is 9.78 Å². The van der Waals surface area contributed by atoms with Crippen LogP contribution in [0.15, 0.2) is 21.7 Å². The van der Waals surface area contributed by atoms with Crippen LogP contribution in [0.5, 0.6) is 0 Å². The second-order valence-corrected chi connectivity index (χ2v) is 6.86. The standard InChI is InChI=1S/C18H19ClN4O4/c1-10-8-12-13(9-11(10)19)23(7-5-3-2-4-6-14(24)25)16-15(20-12)17(26)22-18(27)21-16/h8-9H,2-7H2,1H3,(H,24,25)(H,22,26,27). The van der Waals surface area contributed by atoms with Gasteiger partial charge >= 0.3 is 11.7 Å². The number of aromatic nitrogens is 4. The number of aromatic amines is 1. The highest BCUT2D eigenvalue weighted by molar-refractivity contribution is 6.32. The molecule has 0 radical (unpaired) electrons. The number of carboxylic acid groups (broad SMARTS) is 1. The first-order valence-electron chi connectivity index (χ1n) is 8.69. The number of halogens is 1. The van der Waals surface area contributed by atoms with Gasteiger partial charge in [-0.05, 0) is 37.5 Å². The molecule has 0 spiro atoms. The van der Waals surface area contributed by atoms with Crippen LogP contribution in [0.25, 0.3) is 22.6 Å². The Kier molecular flexibility index (Phi) is 5.55. The summed E-state index contributed by atoms with van der Waals surface area (Å²) in [5, 5.41) is 9.25. The van der Waals surface area contributed by atoms with Crippen molar-refractivity contribution in [2.24, 2.45) is 0 Å². The summed E-state index contributed by atoms with van der Waals surface area (Å²) < 4.78 is 1.79. The van der Waals surface area contributed by atoms with Crippen molar-refractivity contribution < 1.29 is 9.90 Å². The first-order chi connectivity index (χ1) is 12.9. The zero-order chi connectivity index (χ0) is 19.6. The molecule has 8 nitrogen and oxygen atoms in total. The van der Waals surface area contributed by atoms with Crippen molar-refractivity contribution in [1.82, 2.24) is 19.5 Å². The molecular formula is C18H19ClN4O4. The van der Waals surface area contributed by atoms with Gasteiger partial charge in [-0.2, -0.15) is 4.98 Å². The fourth-order valence-corrected chi connectivity index (χ4v) is 3.20. The smallest absolute Gasteiger partial charge is 0.349 e. The Morgan fingerprint density at radius 1 is 1.19 bits per heavy atom. The van der Waals surface area contributed by atoms with Gasteiger partial charge in [0.15, 0.2) is 11.5 Å². The van der Waals surface area contributed by atoms with Crippen LogP contribution in [0.3, 0.4) is 0 Å². The topological polar surface area (TPSA) is 118 Å². The molecule has 1 aromatic rings.